The van der Waals surface area contributed by atoms with Crippen molar-refractivity contribution in [1.29, 1.82) is 0 Å². The number of hydrazone groups is 1. The van der Waals surface area contributed by atoms with Crippen LogP contribution >= 0.6 is 22.6 Å². The van der Waals surface area contributed by atoms with Crippen LogP contribution in [0, 0.1) is 3.57 Å². The molecule has 0 bridgehead atoms. The fourth-order valence-electron chi connectivity index (χ4n) is 2.61. The molecule has 0 fully saturated rings. The lowest BCUT2D eigenvalue weighted by atomic mass is 10.0. The van der Waals surface area contributed by atoms with Gasteiger partial charge in [-0.3, -0.25) is 4.79 Å². The van der Waals surface area contributed by atoms with Crippen molar-refractivity contribution >= 4 is 45.5 Å². The first-order chi connectivity index (χ1) is 12.6. The molecule has 0 aliphatic rings. The monoisotopic (exact) mass is 460 g/mol. The number of amides is 1. The van der Waals surface area contributed by atoms with E-state index in [1.165, 1.54) is 0 Å². The average Bonchev–Trinajstić information content (AvgIpc) is 2.68. The van der Waals surface area contributed by atoms with Gasteiger partial charge < -0.3 is 9.47 Å². The number of nitrogens with one attached hydrogen (secondary N) is 1. The minimum atomic E-state index is -0.310. The summed E-state index contributed by atoms with van der Waals surface area (Å²) in [4.78, 5) is 12.3. The Morgan fingerprint density at radius 2 is 1.81 bits per heavy atom. The zero-order valence-corrected chi connectivity index (χ0v) is 16.5. The van der Waals surface area contributed by atoms with Gasteiger partial charge in [0.25, 0.3) is 5.91 Å². The Hall–Kier alpha value is -2.61. The van der Waals surface area contributed by atoms with Gasteiger partial charge in [-0.25, -0.2) is 5.43 Å². The zero-order chi connectivity index (χ0) is 18.5. The predicted molar refractivity (Wildman–Crippen MR) is 111 cm³/mol. The molecule has 3 aromatic carbocycles. The summed E-state index contributed by atoms with van der Waals surface area (Å²) in [6.07, 6.45) is 1.60. The summed E-state index contributed by atoms with van der Waals surface area (Å²) in [5, 5.41) is 6.18. The topological polar surface area (TPSA) is 59.9 Å². The maximum absolute atomic E-state index is 12.3. The molecule has 0 spiro atoms. The van der Waals surface area contributed by atoms with Crippen LogP contribution in [0.5, 0.6) is 11.5 Å². The van der Waals surface area contributed by atoms with E-state index < -0.39 is 0 Å². The quantitative estimate of drug-likeness (QED) is 0.353. The molecule has 132 valence electrons. The molecule has 3 rings (SSSR count). The van der Waals surface area contributed by atoms with E-state index in [9.17, 15) is 4.79 Å². The third-order valence-electron chi connectivity index (χ3n) is 3.92. The molecular weight excluding hydrogens is 443 g/mol. The van der Waals surface area contributed by atoms with Crippen molar-refractivity contribution in [2.45, 2.75) is 0 Å². The molecule has 0 aliphatic heterocycles. The molecule has 5 nitrogen and oxygen atoms in total. The maximum atomic E-state index is 12.3. The molecule has 0 aliphatic carbocycles. The number of nitrogens with zero attached hydrogens (tertiary/aromatic N) is 1. The lowest BCUT2D eigenvalue weighted by Gasteiger charge is -2.08. The Morgan fingerprint density at radius 1 is 1.04 bits per heavy atom. The second kappa shape index (κ2) is 8.18. The Labute approximate surface area is 165 Å². The van der Waals surface area contributed by atoms with Crippen LogP contribution in [0.3, 0.4) is 0 Å². The fourth-order valence-corrected chi connectivity index (χ4v) is 3.16. The summed E-state index contributed by atoms with van der Waals surface area (Å²) < 4.78 is 11.6. The van der Waals surface area contributed by atoms with Crippen molar-refractivity contribution in [2.75, 3.05) is 14.2 Å². The summed E-state index contributed by atoms with van der Waals surface area (Å²) in [7, 11) is 3.18. The molecule has 0 aromatic heterocycles. The van der Waals surface area contributed by atoms with Crippen LogP contribution in [0.4, 0.5) is 0 Å². The fraction of sp³-hybridized carbons (Fsp3) is 0.100. The highest BCUT2D eigenvalue weighted by Crippen LogP contribution is 2.26. The number of benzene rings is 3. The molecule has 0 unspecified atom stereocenters. The van der Waals surface area contributed by atoms with Crippen LogP contribution < -0.4 is 14.9 Å². The summed E-state index contributed by atoms with van der Waals surface area (Å²) in [6.45, 7) is 0. The summed E-state index contributed by atoms with van der Waals surface area (Å²) in [6, 6.07) is 17.0. The molecule has 1 N–H and O–H groups in total. The van der Waals surface area contributed by atoms with E-state index >= 15 is 0 Å². The predicted octanol–water partition coefficient (Wildman–Crippen LogP) is 4.23. The number of hydrogen-bond acceptors (Lipinski definition) is 4. The number of rotatable bonds is 5. The standard InChI is InChI=1S/C20H17IN2O3/c1-25-18-10-8-13-5-3-4-6-15(13)16(18)12-22-23-20(24)14-7-9-17(21)19(11-14)26-2/h3-12H,1-2H3,(H,23,24)/b22-12+. The van der Waals surface area contributed by atoms with E-state index in [4.69, 9.17) is 9.47 Å². The Kier molecular flexibility index (Phi) is 5.72. The third-order valence-corrected chi connectivity index (χ3v) is 4.81. The summed E-state index contributed by atoms with van der Waals surface area (Å²) >= 11 is 2.15. The van der Waals surface area contributed by atoms with E-state index in [0.717, 1.165) is 19.9 Å². The Balaban J connectivity index is 1.85. The van der Waals surface area contributed by atoms with Gasteiger partial charge in [-0.15, -0.1) is 0 Å². The van der Waals surface area contributed by atoms with Crippen molar-refractivity contribution in [3.8, 4) is 11.5 Å². The molecular formula is C20H17IN2O3. The molecule has 0 heterocycles. The van der Waals surface area contributed by atoms with Crippen molar-refractivity contribution in [3.63, 3.8) is 0 Å². The SMILES string of the molecule is COc1cc(C(=O)N/N=C/c2c(OC)ccc3ccccc23)ccc1I. The van der Waals surface area contributed by atoms with Crippen molar-refractivity contribution < 1.29 is 14.3 Å². The Bertz CT molecular complexity index is 986. The van der Waals surface area contributed by atoms with Crippen molar-refractivity contribution in [2.24, 2.45) is 5.10 Å². The van der Waals surface area contributed by atoms with Gasteiger partial charge in [-0.2, -0.15) is 5.10 Å². The van der Waals surface area contributed by atoms with Gasteiger partial charge >= 0.3 is 0 Å². The van der Waals surface area contributed by atoms with E-state index in [-0.39, 0.29) is 5.91 Å². The first-order valence-corrected chi connectivity index (χ1v) is 8.94. The minimum absolute atomic E-state index is 0.310. The number of ether oxygens (including phenoxy) is 2. The highest BCUT2D eigenvalue weighted by atomic mass is 127. The molecule has 0 saturated heterocycles. The lowest BCUT2D eigenvalue weighted by Crippen LogP contribution is -2.17. The Morgan fingerprint density at radius 3 is 2.58 bits per heavy atom. The third kappa shape index (κ3) is 3.80. The highest BCUT2D eigenvalue weighted by Gasteiger charge is 2.09. The molecule has 0 saturated carbocycles. The number of methoxy groups -OCH3 is 2. The lowest BCUT2D eigenvalue weighted by molar-refractivity contribution is 0.0954. The number of carbonyl (C=O) groups is 1. The maximum Gasteiger partial charge on any atom is 0.271 e. The van der Waals surface area contributed by atoms with Crippen LogP contribution in [0.15, 0.2) is 59.7 Å². The largest absolute Gasteiger partial charge is 0.496 e. The van der Waals surface area contributed by atoms with Gasteiger partial charge in [0.05, 0.1) is 24.0 Å². The molecule has 0 atom stereocenters. The van der Waals surface area contributed by atoms with Gasteiger partial charge in [0.2, 0.25) is 0 Å². The zero-order valence-electron chi connectivity index (χ0n) is 14.3. The second-order valence-corrected chi connectivity index (χ2v) is 6.61. The van der Waals surface area contributed by atoms with Crippen molar-refractivity contribution in [3.05, 3.63) is 69.3 Å². The normalized spacial score (nSPS) is 10.9. The van der Waals surface area contributed by atoms with Gasteiger partial charge in [-0.05, 0) is 57.6 Å². The van der Waals surface area contributed by atoms with Crippen LogP contribution in [0.2, 0.25) is 0 Å². The van der Waals surface area contributed by atoms with E-state index in [0.29, 0.717) is 17.1 Å². The minimum Gasteiger partial charge on any atom is -0.496 e. The molecule has 3 aromatic rings. The van der Waals surface area contributed by atoms with Gasteiger partial charge in [0.1, 0.15) is 11.5 Å². The highest BCUT2D eigenvalue weighted by molar-refractivity contribution is 14.1. The van der Waals surface area contributed by atoms with Crippen LogP contribution in [0.25, 0.3) is 10.8 Å². The van der Waals surface area contributed by atoms with Gasteiger partial charge in [0.15, 0.2) is 0 Å². The van der Waals surface area contributed by atoms with Crippen LogP contribution in [-0.4, -0.2) is 26.3 Å². The van der Waals surface area contributed by atoms with Gasteiger partial charge in [-0.1, -0.05) is 30.3 Å². The van der Waals surface area contributed by atoms with Crippen LogP contribution in [0.1, 0.15) is 15.9 Å². The molecule has 0 radical (unpaired) electrons. The van der Waals surface area contributed by atoms with Crippen LogP contribution in [-0.2, 0) is 0 Å². The smallest absolute Gasteiger partial charge is 0.271 e. The number of fused-ring (bicyclic) bond motifs is 1. The van der Waals surface area contributed by atoms with Gasteiger partial charge in [0, 0.05) is 11.1 Å². The first kappa shape index (κ1) is 18.2. The van der Waals surface area contributed by atoms with E-state index in [1.54, 1.807) is 32.6 Å². The number of carbonyl (C=O) groups excluding carboxylic acids is 1. The molecule has 6 heteroatoms. The second-order valence-electron chi connectivity index (χ2n) is 5.45. The van der Waals surface area contributed by atoms with E-state index in [1.807, 2.05) is 42.5 Å². The van der Waals surface area contributed by atoms with E-state index in [2.05, 4.69) is 33.1 Å². The number of halogens is 1. The number of hydrogen-bond donors (Lipinski definition) is 1. The summed E-state index contributed by atoms with van der Waals surface area (Å²) in [5.41, 5.74) is 3.84. The average molecular weight is 460 g/mol. The first-order valence-electron chi connectivity index (χ1n) is 7.86. The van der Waals surface area contributed by atoms with Crippen molar-refractivity contribution in [1.82, 2.24) is 5.43 Å². The molecule has 26 heavy (non-hydrogen) atoms. The summed E-state index contributed by atoms with van der Waals surface area (Å²) in [5.74, 6) is 1.03. The molecule has 1 amide bonds.